The Morgan fingerprint density at radius 1 is 1.04 bits per heavy atom. The number of amides is 1. The van der Waals surface area contributed by atoms with Gasteiger partial charge in [0.2, 0.25) is 0 Å². The molecule has 0 atom stereocenters. The highest BCUT2D eigenvalue weighted by atomic mass is 19.1. The SMILES string of the molecule is COc1ccccc1CNc1ccc(C(=O)Nc2c(F)cccc2F)nc1. The summed E-state index contributed by atoms with van der Waals surface area (Å²) in [6, 6.07) is 14.1. The van der Waals surface area contributed by atoms with E-state index < -0.39 is 23.2 Å². The Kier molecular flexibility index (Phi) is 5.61. The van der Waals surface area contributed by atoms with Gasteiger partial charge < -0.3 is 15.4 Å². The lowest BCUT2D eigenvalue weighted by molar-refractivity contribution is 0.102. The standard InChI is InChI=1S/C20H17F2N3O2/c1-27-18-8-3-2-5-13(18)11-23-14-9-10-17(24-12-14)20(26)25-19-15(21)6-4-7-16(19)22/h2-10,12,23H,11H2,1H3,(H,25,26). The van der Waals surface area contributed by atoms with Crippen LogP contribution < -0.4 is 15.4 Å². The minimum Gasteiger partial charge on any atom is -0.496 e. The van der Waals surface area contributed by atoms with E-state index in [4.69, 9.17) is 4.74 Å². The third-order valence-corrected chi connectivity index (χ3v) is 3.87. The van der Waals surface area contributed by atoms with Crippen LogP contribution in [0.1, 0.15) is 16.1 Å². The van der Waals surface area contributed by atoms with Gasteiger partial charge in [-0.05, 0) is 30.3 Å². The summed E-state index contributed by atoms with van der Waals surface area (Å²) in [6.07, 6.45) is 1.47. The molecule has 1 aromatic heterocycles. The number of ether oxygens (including phenoxy) is 1. The van der Waals surface area contributed by atoms with Crippen LogP contribution in [-0.2, 0) is 6.54 Å². The minimum absolute atomic E-state index is 0.0421. The van der Waals surface area contributed by atoms with Gasteiger partial charge in [0.25, 0.3) is 5.91 Å². The number of carbonyl (C=O) groups is 1. The fourth-order valence-electron chi connectivity index (χ4n) is 2.47. The molecule has 2 N–H and O–H groups in total. The highest BCUT2D eigenvalue weighted by molar-refractivity contribution is 6.03. The summed E-state index contributed by atoms with van der Waals surface area (Å²) in [5.74, 6) is -1.63. The third kappa shape index (κ3) is 4.38. The lowest BCUT2D eigenvalue weighted by atomic mass is 10.2. The van der Waals surface area contributed by atoms with Crippen LogP contribution in [0.25, 0.3) is 0 Å². The van der Waals surface area contributed by atoms with Gasteiger partial charge >= 0.3 is 0 Å². The van der Waals surface area contributed by atoms with Gasteiger partial charge in [-0.15, -0.1) is 0 Å². The van der Waals surface area contributed by atoms with E-state index in [0.717, 1.165) is 23.4 Å². The van der Waals surface area contributed by atoms with Crippen molar-refractivity contribution in [2.45, 2.75) is 6.54 Å². The second-order valence-electron chi connectivity index (χ2n) is 5.65. The van der Waals surface area contributed by atoms with Gasteiger partial charge in [-0.3, -0.25) is 4.79 Å². The molecule has 0 fully saturated rings. The number of para-hydroxylation sites is 2. The smallest absolute Gasteiger partial charge is 0.274 e. The van der Waals surface area contributed by atoms with Gasteiger partial charge in [-0.25, -0.2) is 13.8 Å². The van der Waals surface area contributed by atoms with Crippen LogP contribution in [0.15, 0.2) is 60.8 Å². The monoisotopic (exact) mass is 369 g/mol. The Bertz CT molecular complexity index is 926. The van der Waals surface area contributed by atoms with E-state index >= 15 is 0 Å². The molecule has 1 amide bonds. The summed E-state index contributed by atoms with van der Waals surface area (Å²) in [5.41, 5.74) is 1.20. The number of benzene rings is 2. The maximum atomic E-state index is 13.6. The zero-order chi connectivity index (χ0) is 19.2. The van der Waals surface area contributed by atoms with E-state index in [1.807, 2.05) is 24.3 Å². The summed E-state index contributed by atoms with van der Waals surface area (Å²) in [4.78, 5) is 16.2. The number of nitrogens with zero attached hydrogens (tertiary/aromatic N) is 1. The molecule has 0 saturated carbocycles. The average molecular weight is 369 g/mol. The van der Waals surface area contributed by atoms with Crippen LogP contribution in [0.3, 0.4) is 0 Å². The zero-order valence-corrected chi connectivity index (χ0v) is 14.5. The Morgan fingerprint density at radius 3 is 2.44 bits per heavy atom. The number of methoxy groups -OCH3 is 1. The molecule has 27 heavy (non-hydrogen) atoms. The molecule has 0 aliphatic heterocycles. The predicted molar refractivity (Wildman–Crippen MR) is 98.9 cm³/mol. The minimum atomic E-state index is -0.849. The Labute approximate surface area is 155 Å². The number of aromatic nitrogens is 1. The van der Waals surface area contributed by atoms with E-state index in [1.54, 1.807) is 13.2 Å². The van der Waals surface area contributed by atoms with Crippen molar-refractivity contribution in [1.82, 2.24) is 4.98 Å². The predicted octanol–water partition coefficient (Wildman–Crippen LogP) is 4.23. The zero-order valence-electron chi connectivity index (χ0n) is 14.5. The summed E-state index contributed by atoms with van der Waals surface area (Å²) < 4.78 is 32.5. The molecular formula is C20H17F2N3O2. The number of nitrogens with one attached hydrogen (secondary N) is 2. The first-order chi connectivity index (χ1) is 13.1. The number of carbonyl (C=O) groups excluding carboxylic acids is 1. The summed E-state index contributed by atoms with van der Waals surface area (Å²) >= 11 is 0. The van der Waals surface area contributed by atoms with Crippen molar-refractivity contribution in [2.75, 3.05) is 17.7 Å². The van der Waals surface area contributed by atoms with E-state index in [-0.39, 0.29) is 5.69 Å². The number of pyridine rings is 1. The van der Waals surface area contributed by atoms with Gasteiger partial charge in [0.1, 0.15) is 28.8 Å². The first-order valence-corrected chi connectivity index (χ1v) is 8.15. The van der Waals surface area contributed by atoms with E-state index in [1.165, 1.54) is 18.3 Å². The van der Waals surface area contributed by atoms with Crippen molar-refractivity contribution < 1.29 is 18.3 Å². The number of hydrogen-bond acceptors (Lipinski definition) is 4. The largest absolute Gasteiger partial charge is 0.496 e. The lowest BCUT2D eigenvalue weighted by Gasteiger charge is -2.11. The number of rotatable bonds is 6. The average Bonchev–Trinajstić information content (AvgIpc) is 2.69. The number of halogens is 2. The summed E-state index contributed by atoms with van der Waals surface area (Å²) in [7, 11) is 1.60. The van der Waals surface area contributed by atoms with Gasteiger partial charge in [0, 0.05) is 12.1 Å². The first kappa shape index (κ1) is 18.3. The molecule has 3 aromatic rings. The fourth-order valence-corrected chi connectivity index (χ4v) is 2.47. The van der Waals surface area contributed by atoms with Gasteiger partial charge in [0.05, 0.1) is 19.0 Å². The van der Waals surface area contributed by atoms with Gasteiger partial charge in [-0.1, -0.05) is 24.3 Å². The van der Waals surface area contributed by atoms with Crippen LogP contribution in [0.2, 0.25) is 0 Å². The molecule has 3 rings (SSSR count). The summed E-state index contributed by atoms with van der Waals surface area (Å²) in [6.45, 7) is 0.512. The molecule has 0 aliphatic carbocycles. The number of anilines is 2. The van der Waals surface area contributed by atoms with Crippen molar-refractivity contribution >= 4 is 17.3 Å². The first-order valence-electron chi connectivity index (χ1n) is 8.15. The molecule has 5 nitrogen and oxygen atoms in total. The highest BCUT2D eigenvalue weighted by Crippen LogP contribution is 2.20. The number of hydrogen-bond donors (Lipinski definition) is 2. The van der Waals surface area contributed by atoms with Crippen molar-refractivity contribution in [1.29, 1.82) is 0 Å². The molecule has 0 bridgehead atoms. The molecule has 1 heterocycles. The molecule has 0 aliphatic rings. The lowest BCUT2D eigenvalue weighted by Crippen LogP contribution is -2.15. The maximum absolute atomic E-state index is 13.6. The topological polar surface area (TPSA) is 63.2 Å². The van der Waals surface area contributed by atoms with Crippen LogP contribution in [0.5, 0.6) is 5.75 Å². The van der Waals surface area contributed by atoms with Gasteiger partial charge in [0.15, 0.2) is 0 Å². The normalized spacial score (nSPS) is 10.3. The third-order valence-electron chi connectivity index (χ3n) is 3.87. The van der Waals surface area contributed by atoms with E-state index in [0.29, 0.717) is 12.2 Å². The molecule has 0 unspecified atom stereocenters. The van der Waals surface area contributed by atoms with Crippen molar-refractivity contribution in [3.63, 3.8) is 0 Å². The molecule has 7 heteroatoms. The Morgan fingerprint density at radius 2 is 1.78 bits per heavy atom. The quantitative estimate of drug-likeness (QED) is 0.682. The van der Waals surface area contributed by atoms with Crippen molar-refractivity contribution in [3.05, 3.63) is 83.7 Å². The van der Waals surface area contributed by atoms with E-state index in [9.17, 15) is 13.6 Å². The van der Waals surface area contributed by atoms with Crippen LogP contribution >= 0.6 is 0 Å². The molecule has 138 valence electrons. The summed E-state index contributed by atoms with van der Waals surface area (Å²) in [5, 5.41) is 5.37. The fraction of sp³-hybridized carbons (Fsp3) is 0.100. The van der Waals surface area contributed by atoms with Gasteiger partial charge in [-0.2, -0.15) is 0 Å². The molecule has 0 saturated heterocycles. The Balaban J connectivity index is 1.65. The van der Waals surface area contributed by atoms with Crippen LogP contribution in [0, 0.1) is 11.6 Å². The highest BCUT2D eigenvalue weighted by Gasteiger charge is 2.14. The molecule has 2 aromatic carbocycles. The van der Waals surface area contributed by atoms with Crippen molar-refractivity contribution in [3.8, 4) is 5.75 Å². The molecule has 0 spiro atoms. The van der Waals surface area contributed by atoms with Crippen molar-refractivity contribution in [2.24, 2.45) is 0 Å². The second kappa shape index (κ2) is 8.27. The van der Waals surface area contributed by atoms with E-state index in [2.05, 4.69) is 15.6 Å². The maximum Gasteiger partial charge on any atom is 0.274 e. The van der Waals surface area contributed by atoms with Crippen LogP contribution in [-0.4, -0.2) is 18.0 Å². The Hall–Kier alpha value is -3.48. The second-order valence-corrected chi connectivity index (χ2v) is 5.65. The molecule has 0 radical (unpaired) electrons. The molecular weight excluding hydrogens is 352 g/mol. The van der Waals surface area contributed by atoms with Crippen LogP contribution in [0.4, 0.5) is 20.2 Å².